The molecule has 3 heterocycles. The summed E-state index contributed by atoms with van der Waals surface area (Å²) in [6.45, 7) is 3.95. The summed E-state index contributed by atoms with van der Waals surface area (Å²) >= 11 is 0. The van der Waals surface area contributed by atoms with Gasteiger partial charge in [0.1, 0.15) is 23.4 Å². The molecule has 2 aliphatic rings. The smallest absolute Gasteiger partial charge is 0.295 e. The minimum absolute atomic E-state index is 0.0301. The topological polar surface area (TPSA) is 82.6 Å². The molecule has 186 valence electrons. The Labute approximate surface area is 213 Å². The van der Waals surface area contributed by atoms with Gasteiger partial charge in [0.05, 0.1) is 11.6 Å². The first-order chi connectivity index (χ1) is 17.8. The van der Waals surface area contributed by atoms with E-state index >= 15 is 0 Å². The van der Waals surface area contributed by atoms with Crippen molar-refractivity contribution < 1.29 is 23.8 Å². The number of halogens is 1. The number of hydrogen-bond acceptors (Lipinski definition) is 4. The molecule has 1 aromatic heterocycles. The standard InChI is InChI=1S/C30H25FN2O4/c1-16-13-20-14-19(9-12-24(20)37-16)28(34)26-27(25-17(2)32-23-6-4-3-5-22(23)25)33(30(36)29(26)35)15-18-7-10-21(31)11-8-18/h3-12,14,16,27,32,34H,13,15H2,1-2H3/b28-26+. The Balaban J connectivity index is 1.54. The Morgan fingerprint density at radius 3 is 2.65 bits per heavy atom. The number of carbonyl (C=O) groups is 2. The van der Waals surface area contributed by atoms with E-state index in [1.165, 1.54) is 17.0 Å². The molecule has 3 aromatic carbocycles. The third-order valence-corrected chi connectivity index (χ3v) is 7.19. The number of H-pyrrole nitrogens is 1. The van der Waals surface area contributed by atoms with Crippen LogP contribution in [0.4, 0.5) is 4.39 Å². The van der Waals surface area contributed by atoms with Crippen LogP contribution in [0.15, 0.2) is 72.3 Å². The molecule has 0 aliphatic carbocycles. The first-order valence-corrected chi connectivity index (χ1v) is 12.2. The molecule has 1 saturated heterocycles. The maximum Gasteiger partial charge on any atom is 0.295 e. The highest BCUT2D eigenvalue weighted by Gasteiger charge is 2.47. The molecule has 0 radical (unpaired) electrons. The van der Waals surface area contributed by atoms with Crippen LogP contribution in [-0.4, -0.2) is 32.8 Å². The van der Waals surface area contributed by atoms with Crippen LogP contribution in [0.3, 0.4) is 0 Å². The zero-order chi connectivity index (χ0) is 25.8. The van der Waals surface area contributed by atoms with Crippen LogP contribution < -0.4 is 4.74 Å². The normalized spacial score (nSPS) is 20.5. The summed E-state index contributed by atoms with van der Waals surface area (Å²) in [7, 11) is 0. The molecule has 2 unspecified atom stereocenters. The van der Waals surface area contributed by atoms with E-state index in [4.69, 9.17) is 4.74 Å². The number of aryl methyl sites for hydroxylation is 1. The van der Waals surface area contributed by atoms with Gasteiger partial charge in [-0.25, -0.2) is 4.39 Å². The molecule has 0 saturated carbocycles. The monoisotopic (exact) mass is 496 g/mol. The summed E-state index contributed by atoms with van der Waals surface area (Å²) in [5, 5.41) is 12.4. The van der Waals surface area contributed by atoms with E-state index in [1.807, 2.05) is 44.2 Å². The Kier molecular flexibility index (Phi) is 5.37. The largest absolute Gasteiger partial charge is 0.507 e. The van der Waals surface area contributed by atoms with Crippen molar-refractivity contribution in [2.45, 2.75) is 39.0 Å². The number of nitrogens with zero attached hydrogens (tertiary/aromatic N) is 1. The van der Waals surface area contributed by atoms with Crippen LogP contribution in [0, 0.1) is 12.7 Å². The predicted molar refractivity (Wildman–Crippen MR) is 138 cm³/mol. The number of nitrogens with one attached hydrogen (secondary N) is 1. The van der Waals surface area contributed by atoms with E-state index < -0.39 is 17.7 Å². The molecule has 6 nitrogen and oxygen atoms in total. The minimum Gasteiger partial charge on any atom is -0.507 e. The third kappa shape index (κ3) is 3.78. The van der Waals surface area contributed by atoms with Gasteiger partial charge in [0, 0.05) is 40.7 Å². The summed E-state index contributed by atoms with van der Waals surface area (Å²) in [4.78, 5) is 31.7. The number of amides is 1. The number of carbonyl (C=O) groups excluding carboxylic acids is 2. The number of aromatic nitrogens is 1. The molecular formula is C30H25FN2O4. The summed E-state index contributed by atoms with van der Waals surface area (Å²) in [5.74, 6) is -1.32. The minimum atomic E-state index is -0.829. The summed E-state index contributed by atoms with van der Waals surface area (Å²) in [6, 6.07) is 18.0. The molecule has 1 amide bonds. The number of hydrogen-bond donors (Lipinski definition) is 2. The predicted octanol–water partition coefficient (Wildman–Crippen LogP) is 5.56. The average molecular weight is 497 g/mol. The Hall–Kier alpha value is -4.39. The van der Waals surface area contributed by atoms with Gasteiger partial charge >= 0.3 is 0 Å². The Morgan fingerprint density at radius 1 is 1.11 bits per heavy atom. The van der Waals surface area contributed by atoms with Crippen molar-refractivity contribution in [3.63, 3.8) is 0 Å². The number of aliphatic hydroxyl groups is 1. The summed E-state index contributed by atoms with van der Waals surface area (Å²) < 4.78 is 19.3. The van der Waals surface area contributed by atoms with Crippen LogP contribution in [0.25, 0.3) is 16.7 Å². The van der Waals surface area contributed by atoms with Gasteiger partial charge in [0.15, 0.2) is 0 Å². The average Bonchev–Trinajstić information content (AvgIpc) is 3.50. The molecular weight excluding hydrogens is 471 g/mol. The van der Waals surface area contributed by atoms with Crippen molar-refractivity contribution in [3.05, 3.63) is 106 Å². The fourth-order valence-electron chi connectivity index (χ4n) is 5.51. The Bertz CT molecular complexity index is 1600. The fraction of sp³-hybridized carbons (Fsp3) is 0.200. The lowest BCUT2D eigenvalue weighted by molar-refractivity contribution is -0.140. The first kappa shape index (κ1) is 23.0. The zero-order valence-corrected chi connectivity index (χ0v) is 20.4. The molecule has 1 fully saturated rings. The van der Waals surface area contributed by atoms with Crippen LogP contribution >= 0.6 is 0 Å². The number of aliphatic hydroxyl groups excluding tert-OH is 1. The van der Waals surface area contributed by atoms with Crippen LogP contribution in [-0.2, 0) is 22.6 Å². The highest BCUT2D eigenvalue weighted by molar-refractivity contribution is 6.46. The quantitative estimate of drug-likeness (QED) is 0.220. The van der Waals surface area contributed by atoms with Crippen molar-refractivity contribution in [1.82, 2.24) is 9.88 Å². The number of fused-ring (bicyclic) bond motifs is 2. The second-order valence-electron chi connectivity index (χ2n) is 9.72. The van der Waals surface area contributed by atoms with Crippen molar-refractivity contribution in [1.29, 1.82) is 0 Å². The number of likely N-dealkylation sites (tertiary alicyclic amines) is 1. The lowest BCUT2D eigenvalue weighted by atomic mass is 9.92. The molecule has 2 aliphatic heterocycles. The number of ether oxygens (including phenoxy) is 1. The van der Waals surface area contributed by atoms with Crippen LogP contribution in [0.2, 0.25) is 0 Å². The van der Waals surface area contributed by atoms with E-state index in [9.17, 15) is 19.1 Å². The van der Waals surface area contributed by atoms with Gasteiger partial charge in [-0.2, -0.15) is 0 Å². The SMILES string of the molecule is Cc1[nH]c2ccccc2c1C1/C(=C(\O)c2ccc3c(c2)CC(C)O3)C(=O)C(=O)N1Cc1ccc(F)cc1. The summed E-state index contributed by atoms with van der Waals surface area (Å²) in [6.07, 6.45) is 0.725. The molecule has 37 heavy (non-hydrogen) atoms. The van der Waals surface area contributed by atoms with E-state index in [1.54, 1.807) is 24.3 Å². The molecule has 7 heteroatoms. The van der Waals surface area contributed by atoms with E-state index in [-0.39, 0.29) is 29.8 Å². The number of benzene rings is 3. The van der Waals surface area contributed by atoms with Crippen LogP contribution in [0.5, 0.6) is 5.75 Å². The number of Topliss-reactive ketones (excluding diaryl/α,β-unsaturated/α-hetero) is 1. The number of ketones is 1. The molecule has 4 aromatic rings. The molecule has 2 N–H and O–H groups in total. The van der Waals surface area contributed by atoms with Crippen molar-refractivity contribution >= 4 is 28.4 Å². The van der Waals surface area contributed by atoms with Gasteiger partial charge in [-0.1, -0.05) is 30.3 Å². The highest BCUT2D eigenvalue weighted by Crippen LogP contribution is 2.44. The van der Waals surface area contributed by atoms with Gasteiger partial charge < -0.3 is 19.7 Å². The molecule has 6 rings (SSSR count). The van der Waals surface area contributed by atoms with E-state index in [0.29, 0.717) is 17.5 Å². The van der Waals surface area contributed by atoms with Crippen molar-refractivity contribution in [2.75, 3.05) is 0 Å². The number of para-hydroxylation sites is 1. The second-order valence-corrected chi connectivity index (χ2v) is 9.72. The lowest BCUT2D eigenvalue weighted by Crippen LogP contribution is -2.29. The summed E-state index contributed by atoms with van der Waals surface area (Å²) in [5.41, 5.74) is 4.51. The van der Waals surface area contributed by atoms with Gasteiger partial charge in [0.25, 0.3) is 11.7 Å². The zero-order valence-electron chi connectivity index (χ0n) is 20.4. The molecule has 2 atom stereocenters. The third-order valence-electron chi connectivity index (χ3n) is 7.19. The molecule has 0 spiro atoms. The van der Waals surface area contributed by atoms with E-state index in [0.717, 1.165) is 33.5 Å². The first-order valence-electron chi connectivity index (χ1n) is 12.2. The van der Waals surface area contributed by atoms with Crippen molar-refractivity contribution in [2.24, 2.45) is 0 Å². The van der Waals surface area contributed by atoms with Gasteiger partial charge in [-0.05, 0) is 61.4 Å². The van der Waals surface area contributed by atoms with Crippen molar-refractivity contribution in [3.8, 4) is 5.75 Å². The molecule has 0 bridgehead atoms. The highest BCUT2D eigenvalue weighted by atomic mass is 19.1. The fourth-order valence-corrected chi connectivity index (χ4v) is 5.51. The van der Waals surface area contributed by atoms with E-state index in [2.05, 4.69) is 4.98 Å². The van der Waals surface area contributed by atoms with Crippen LogP contribution in [0.1, 0.15) is 40.9 Å². The lowest BCUT2D eigenvalue weighted by Gasteiger charge is -2.26. The number of aromatic amines is 1. The maximum atomic E-state index is 13.6. The van der Waals surface area contributed by atoms with Gasteiger partial charge in [-0.3, -0.25) is 9.59 Å². The van der Waals surface area contributed by atoms with Gasteiger partial charge in [-0.15, -0.1) is 0 Å². The number of rotatable bonds is 4. The second kappa shape index (κ2) is 8.62. The Morgan fingerprint density at radius 2 is 1.86 bits per heavy atom. The van der Waals surface area contributed by atoms with Gasteiger partial charge in [0.2, 0.25) is 0 Å². The maximum absolute atomic E-state index is 13.6.